The van der Waals surface area contributed by atoms with Gasteiger partial charge in [-0.3, -0.25) is 4.79 Å². The molecular formula is C19H28N2O4. The van der Waals surface area contributed by atoms with Crippen LogP contribution in [0.15, 0.2) is 12.1 Å². The topological polar surface area (TPSA) is 82.8 Å². The predicted molar refractivity (Wildman–Crippen MR) is 95.1 cm³/mol. The van der Waals surface area contributed by atoms with Crippen LogP contribution in [-0.4, -0.2) is 39.8 Å². The van der Waals surface area contributed by atoms with Gasteiger partial charge in [-0.2, -0.15) is 0 Å². The van der Waals surface area contributed by atoms with Crippen molar-refractivity contribution in [2.75, 3.05) is 27.9 Å². The van der Waals surface area contributed by atoms with Gasteiger partial charge in [-0.25, -0.2) is 0 Å². The Morgan fingerprint density at radius 3 is 2.44 bits per heavy atom. The lowest BCUT2D eigenvalue weighted by atomic mass is 9.84. The molecule has 3 N–H and O–H groups in total. The van der Waals surface area contributed by atoms with Crippen molar-refractivity contribution in [1.82, 2.24) is 5.32 Å². The number of benzene rings is 1. The predicted octanol–water partition coefficient (Wildman–Crippen LogP) is 1.74. The van der Waals surface area contributed by atoms with E-state index in [1.165, 1.54) is 6.42 Å². The van der Waals surface area contributed by atoms with Crippen molar-refractivity contribution >= 4 is 5.91 Å². The Balaban J connectivity index is 1.61. The third-order valence-corrected chi connectivity index (χ3v) is 5.76. The van der Waals surface area contributed by atoms with Gasteiger partial charge in [0.1, 0.15) is 0 Å². The molecule has 0 saturated heterocycles. The minimum Gasteiger partial charge on any atom is -0.493 e. The second-order valence-corrected chi connectivity index (χ2v) is 6.97. The molecule has 2 bridgehead atoms. The Morgan fingerprint density at radius 2 is 1.84 bits per heavy atom. The minimum absolute atomic E-state index is 0.0222. The molecular weight excluding hydrogens is 320 g/mol. The number of carbonyl (C=O) groups excluding carboxylic acids is 1. The van der Waals surface area contributed by atoms with Crippen LogP contribution in [0.4, 0.5) is 0 Å². The van der Waals surface area contributed by atoms with Crippen molar-refractivity contribution in [1.29, 1.82) is 0 Å². The van der Waals surface area contributed by atoms with Gasteiger partial charge in [0.15, 0.2) is 11.5 Å². The summed E-state index contributed by atoms with van der Waals surface area (Å²) in [7, 11) is 4.78. The summed E-state index contributed by atoms with van der Waals surface area (Å²) < 4.78 is 16.2. The molecule has 6 nitrogen and oxygen atoms in total. The fraction of sp³-hybridized carbons (Fsp3) is 0.632. The van der Waals surface area contributed by atoms with E-state index in [2.05, 4.69) is 5.32 Å². The molecule has 1 aromatic rings. The zero-order chi connectivity index (χ0) is 18.0. The average molecular weight is 348 g/mol. The molecule has 0 spiro atoms. The number of nitrogens with one attached hydrogen (secondary N) is 1. The molecule has 1 amide bonds. The Morgan fingerprint density at radius 1 is 1.12 bits per heavy atom. The van der Waals surface area contributed by atoms with E-state index in [0.717, 1.165) is 18.4 Å². The van der Waals surface area contributed by atoms with E-state index < -0.39 is 0 Å². The lowest BCUT2D eigenvalue weighted by Gasteiger charge is -2.27. The maximum absolute atomic E-state index is 12.5. The lowest BCUT2D eigenvalue weighted by Crippen LogP contribution is -2.45. The number of ether oxygens (including phenoxy) is 3. The summed E-state index contributed by atoms with van der Waals surface area (Å²) in [5.41, 5.74) is 7.22. The molecule has 138 valence electrons. The van der Waals surface area contributed by atoms with E-state index in [4.69, 9.17) is 19.9 Å². The van der Waals surface area contributed by atoms with E-state index >= 15 is 0 Å². The normalized spacial score (nSPS) is 27.2. The SMILES string of the molecule is COc1ccc(CCNC(=O)C2C3CCC(C3)C2N)c(OC)c1OC. The van der Waals surface area contributed by atoms with Crippen LogP contribution in [0, 0.1) is 17.8 Å². The quantitative estimate of drug-likeness (QED) is 0.784. The highest BCUT2D eigenvalue weighted by atomic mass is 16.5. The first-order valence-corrected chi connectivity index (χ1v) is 8.91. The summed E-state index contributed by atoms with van der Waals surface area (Å²) >= 11 is 0. The van der Waals surface area contributed by atoms with Crippen LogP contribution in [0.2, 0.25) is 0 Å². The molecule has 4 unspecified atom stereocenters. The van der Waals surface area contributed by atoms with E-state index in [1.807, 2.05) is 12.1 Å². The van der Waals surface area contributed by atoms with Crippen molar-refractivity contribution < 1.29 is 19.0 Å². The molecule has 0 heterocycles. The van der Waals surface area contributed by atoms with Crippen LogP contribution < -0.4 is 25.3 Å². The monoisotopic (exact) mass is 348 g/mol. The highest BCUT2D eigenvalue weighted by Gasteiger charge is 2.48. The fourth-order valence-corrected chi connectivity index (χ4v) is 4.52. The third-order valence-electron chi connectivity index (χ3n) is 5.76. The Hall–Kier alpha value is -1.95. The molecule has 25 heavy (non-hydrogen) atoms. The highest BCUT2D eigenvalue weighted by Crippen LogP contribution is 2.47. The van der Waals surface area contributed by atoms with Crippen molar-refractivity contribution in [3.05, 3.63) is 17.7 Å². The van der Waals surface area contributed by atoms with Gasteiger partial charge in [0.05, 0.1) is 27.2 Å². The largest absolute Gasteiger partial charge is 0.493 e. The van der Waals surface area contributed by atoms with Gasteiger partial charge in [-0.05, 0) is 43.6 Å². The Bertz CT molecular complexity index is 632. The number of hydrogen-bond donors (Lipinski definition) is 2. The number of hydrogen-bond acceptors (Lipinski definition) is 5. The summed E-state index contributed by atoms with van der Waals surface area (Å²) in [5.74, 6) is 2.92. The third kappa shape index (κ3) is 3.27. The molecule has 6 heteroatoms. The van der Waals surface area contributed by atoms with Crippen molar-refractivity contribution in [2.24, 2.45) is 23.5 Å². The van der Waals surface area contributed by atoms with E-state index in [1.54, 1.807) is 21.3 Å². The van der Waals surface area contributed by atoms with Crippen LogP contribution in [0.1, 0.15) is 24.8 Å². The van der Waals surface area contributed by atoms with Gasteiger partial charge in [-0.1, -0.05) is 6.07 Å². The molecule has 0 aromatic heterocycles. The second-order valence-electron chi connectivity index (χ2n) is 6.97. The van der Waals surface area contributed by atoms with Crippen LogP contribution in [0.3, 0.4) is 0 Å². The van der Waals surface area contributed by atoms with Gasteiger partial charge in [0, 0.05) is 18.2 Å². The minimum atomic E-state index is -0.0222. The number of carbonyl (C=O) groups is 1. The van der Waals surface area contributed by atoms with Gasteiger partial charge < -0.3 is 25.3 Å². The van der Waals surface area contributed by atoms with Crippen LogP contribution in [-0.2, 0) is 11.2 Å². The Kier molecular flexibility index (Phi) is 5.37. The molecule has 3 rings (SSSR count). The molecule has 0 radical (unpaired) electrons. The highest BCUT2D eigenvalue weighted by molar-refractivity contribution is 5.80. The Labute approximate surface area is 149 Å². The smallest absolute Gasteiger partial charge is 0.224 e. The molecule has 2 aliphatic carbocycles. The van der Waals surface area contributed by atoms with Gasteiger partial charge in [-0.15, -0.1) is 0 Å². The standard InChI is InChI=1S/C19H28N2O4/c1-23-14-7-6-11(17(24-2)18(14)25-3)8-9-21-19(22)15-12-4-5-13(10-12)16(15)20/h6-7,12-13,15-16H,4-5,8-10,20H2,1-3H3,(H,21,22). The van der Waals surface area contributed by atoms with Gasteiger partial charge in [0.2, 0.25) is 11.7 Å². The molecule has 2 saturated carbocycles. The van der Waals surface area contributed by atoms with Crippen LogP contribution in [0.5, 0.6) is 17.2 Å². The molecule has 4 atom stereocenters. The molecule has 2 aliphatic rings. The van der Waals surface area contributed by atoms with Crippen molar-refractivity contribution in [3.8, 4) is 17.2 Å². The van der Waals surface area contributed by atoms with Crippen molar-refractivity contribution in [3.63, 3.8) is 0 Å². The molecule has 0 aliphatic heterocycles. The maximum atomic E-state index is 12.5. The lowest BCUT2D eigenvalue weighted by molar-refractivity contribution is -0.127. The first kappa shape index (κ1) is 17.9. The number of amides is 1. The second kappa shape index (κ2) is 7.52. The number of nitrogens with two attached hydrogens (primary N) is 1. The first-order valence-electron chi connectivity index (χ1n) is 8.91. The van der Waals surface area contributed by atoms with E-state index in [0.29, 0.717) is 42.0 Å². The summed E-state index contributed by atoms with van der Waals surface area (Å²) in [5, 5.41) is 3.06. The van der Waals surface area contributed by atoms with Gasteiger partial charge >= 0.3 is 0 Å². The summed E-state index contributed by atoms with van der Waals surface area (Å²) in [6, 6.07) is 3.81. The maximum Gasteiger partial charge on any atom is 0.224 e. The fourth-order valence-electron chi connectivity index (χ4n) is 4.52. The van der Waals surface area contributed by atoms with Crippen molar-refractivity contribution in [2.45, 2.75) is 31.7 Å². The van der Waals surface area contributed by atoms with Crippen LogP contribution in [0.25, 0.3) is 0 Å². The zero-order valence-electron chi connectivity index (χ0n) is 15.2. The number of fused-ring (bicyclic) bond motifs is 2. The molecule has 1 aromatic carbocycles. The summed E-state index contributed by atoms with van der Waals surface area (Å²) in [4.78, 5) is 12.5. The average Bonchev–Trinajstić information content (AvgIpc) is 3.21. The van der Waals surface area contributed by atoms with E-state index in [9.17, 15) is 4.79 Å². The number of methoxy groups -OCH3 is 3. The summed E-state index contributed by atoms with van der Waals surface area (Å²) in [6.07, 6.45) is 4.09. The van der Waals surface area contributed by atoms with Gasteiger partial charge in [0.25, 0.3) is 0 Å². The van der Waals surface area contributed by atoms with E-state index in [-0.39, 0.29) is 17.9 Å². The first-order chi connectivity index (χ1) is 12.1. The zero-order valence-corrected chi connectivity index (χ0v) is 15.2. The number of rotatable bonds is 7. The van der Waals surface area contributed by atoms with Crippen LogP contribution >= 0.6 is 0 Å². The summed E-state index contributed by atoms with van der Waals surface area (Å²) in [6.45, 7) is 0.547. The molecule has 2 fully saturated rings.